The number of likely N-dealkylation sites (N-methyl/N-ethyl adjacent to an activating group) is 1. The lowest BCUT2D eigenvalue weighted by atomic mass is 10.0. The van der Waals surface area contributed by atoms with Crippen LogP contribution in [0.3, 0.4) is 0 Å². The van der Waals surface area contributed by atoms with Crippen LogP contribution in [0.15, 0.2) is 36.9 Å². The molecule has 6 rings (SSSR count). The molecule has 2 fully saturated rings. The van der Waals surface area contributed by atoms with Gasteiger partial charge in [-0.2, -0.15) is 9.97 Å². The van der Waals surface area contributed by atoms with Gasteiger partial charge in [0.05, 0.1) is 10.7 Å². The molecule has 3 aliphatic heterocycles. The molecule has 2 saturated heterocycles. The molecule has 4 heterocycles. The predicted octanol–water partition coefficient (Wildman–Crippen LogP) is 4.95. The maximum atomic E-state index is 16.6. The fraction of sp³-hybridized carbons (Fsp3) is 0.433. The third-order valence-electron chi connectivity index (χ3n) is 8.39. The summed E-state index contributed by atoms with van der Waals surface area (Å²) in [6.07, 6.45) is 4.86. The third kappa shape index (κ3) is 5.30. The molecule has 0 unspecified atom stereocenters. The number of aryl methyl sites for hydroxylation is 1. The largest absolute Gasteiger partial charge is 0.462 e. The van der Waals surface area contributed by atoms with Crippen LogP contribution in [0, 0.1) is 11.6 Å². The standard InChI is InChI=1S/C30H33ClF2N6O2/c1-3-25(40)37-12-14-38(15-13-37)29-22-17-23(31)28(39-11-4-6-19-16-20(32)8-9-24(19)39)26(33)27(22)34-30(35-29)41-18-21-7-5-10-36(21)2/h3,8-9,16-17,21H,1,4-7,10-15,18H2,2H3/t21-/m0/s1. The number of halogens is 3. The van der Waals surface area contributed by atoms with Gasteiger partial charge in [0.25, 0.3) is 0 Å². The number of ether oxygens (including phenoxy) is 1. The summed E-state index contributed by atoms with van der Waals surface area (Å²) >= 11 is 6.81. The molecule has 216 valence electrons. The number of fused-ring (bicyclic) bond motifs is 2. The van der Waals surface area contributed by atoms with Gasteiger partial charge in [0, 0.05) is 49.8 Å². The van der Waals surface area contributed by atoms with Crippen LogP contribution in [0.5, 0.6) is 6.01 Å². The number of carbonyl (C=O) groups is 1. The lowest BCUT2D eigenvalue weighted by molar-refractivity contribution is -0.126. The minimum atomic E-state index is -0.573. The van der Waals surface area contributed by atoms with E-state index in [4.69, 9.17) is 21.3 Å². The Morgan fingerprint density at radius 1 is 1.12 bits per heavy atom. The van der Waals surface area contributed by atoms with Crippen molar-refractivity contribution in [3.63, 3.8) is 0 Å². The molecule has 41 heavy (non-hydrogen) atoms. The van der Waals surface area contributed by atoms with Crippen molar-refractivity contribution < 1.29 is 18.3 Å². The van der Waals surface area contributed by atoms with Gasteiger partial charge < -0.3 is 24.3 Å². The van der Waals surface area contributed by atoms with Gasteiger partial charge in [0.2, 0.25) is 5.91 Å². The molecule has 2 aromatic carbocycles. The van der Waals surface area contributed by atoms with Crippen LogP contribution in [0.1, 0.15) is 24.8 Å². The zero-order valence-corrected chi connectivity index (χ0v) is 23.8. The highest BCUT2D eigenvalue weighted by Gasteiger charge is 2.30. The monoisotopic (exact) mass is 582 g/mol. The zero-order valence-electron chi connectivity index (χ0n) is 23.1. The number of benzene rings is 2. The minimum Gasteiger partial charge on any atom is -0.462 e. The highest BCUT2D eigenvalue weighted by molar-refractivity contribution is 6.34. The van der Waals surface area contributed by atoms with Crippen molar-refractivity contribution in [2.75, 3.05) is 62.7 Å². The van der Waals surface area contributed by atoms with E-state index in [-0.39, 0.29) is 40.0 Å². The molecule has 0 saturated carbocycles. The van der Waals surface area contributed by atoms with E-state index < -0.39 is 5.82 Å². The van der Waals surface area contributed by atoms with Crippen molar-refractivity contribution in [2.45, 2.75) is 31.7 Å². The number of aromatic nitrogens is 2. The van der Waals surface area contributed by atoms with Crippen molar-refractivity contribution in [1.29, 1.82) is 0 Å². The average molecular weight is 583 g/mol. The Bertz CT molecular complexity index is 1500. The highest BCUT2D eigenvalue weighted by atomic mass is 35.5. The second-order valence-electron chi connectivity index (χ2n) is 10.9. The van der Waals surface area contributed by atoms with E-state index in [0.717, 1.165) is 37.1 Å². The summed E-state index contributed by atoms with van der Waals surface area (Å²) in [5.74, 6) is -0.499. The maximum absolute atomic E-state index is 16.6. The minimum absolute atomic E-state index is 0.102. The number of carbonyl (C=O) groups excluding carboxylic acids is 1. The Morgan fingerprint density at radius 3 is 2.66 bits per heavy atom. The summed E-state index contributed by atoms with van der Waals surface area (Å²) < 4.78 is 36.7. The van der Waals surface area contributed by atoms with E-state index in [1.54, 1.807) is 17.0 Å². The van der Waals surface area contributed by atoms with E-state index in [2.05, 4.69) is 23.5 Å². The molecule has 3 aliphatic rings. The van der Waals surface area contributed by atoms with Gasteiger partial charge in [-0.3, -0.25) is 4.79 Å². The lowest BCUT2D eigenvalue weighted by Crippen LogP contribution is -2.48. The first-order valence-corrected chi connectivity index (χ1v) is 14.5. The predicted molar refractivity (Wildman–Crippen MR) is 156 cm³/mol. The van der Waals surface area contributed by atoms with Crippen molar-refractivity contribution in [3.8, 4) is 6.01 Å². The molecule has 1 amide bonds. The van der Waals surface area contributed by atoms with Gasteiger partial charge in [-0.1, -0.05) is 18.2 Å². The smallest absolute Gasteiger partial charge is 0.319 e. The summed E-state index contributed by atoms with van der Waals surface area (Å²) in [4.78, 5) is 29.2. The van der Waals surface area contributed by atoms with E-state index in [9.17, 15) is 9.18 Å². The van der Waals surface area contributed by atoms with Crippen LogP contribution >= 0.6 is 11.6 Å². The van der Waals surface area contributed by atoms with Crippen molar-refractivity contribution in [2.24, 2.45) is 0 Å². The van der Waals surface area contributed by atoms with Crippen molar-refractivity contribution in [1.82, 2.24) is 19.8 Å². The number of hydrogen-bond acceptors (Lipinski definition) is 7. The Labute approximate surface area is 243 Å². The van der Waals surface area contributed by atoms with Crippen molar-refractivity contribution in [3.05, 3.63) is 59.1 Å². The number of likely N-dealkylation sites (tertiary alicyclic amines) is 1. The number of rotatable bonds is 6. The number of anilines is 3. The molecule has 0 N–H and O–H groups in total. The summed E-state index contributed by atoms with van der Waals surface area (Å²) in [5, 5.41) is 0.695. The second-order valence-corrected chi connectivity index (χ2v) is 11.3. The quantitative estimate of drug-likeness (QED) is 0.381. The Morgan fingerprint density at radius 2 is 1.93 bits per heavy atom. The molecule has 0 bridgehead atoms. The normalized spacial score (nSPS) is 19.5. The Balaban J connectivity index is 1.42. The van der Waals surface area contributed by atoms with Crippen LogP contribution in [0.2, 0.25) is 5.02 Å². The summed E-state index contributed by atoms with van der Waals surface area (Å²) in [6.45, 7) is 7.49. The summed E-state index contributed by atoms with van der Waals surface area (Å²) in [6, 6.07) is 6.60. The van der Waals surface area contributed by atoms with E-state index >= 15 is 4.39 Å². The Kier molecular flexibility index (Phi) is 7.70. The van der Waals surface area contributed by atoms with Crippen molar-refractivity contribution >= 4 is 45.6 Å². The molecule has 1 aromatic heterocycles. The zero-order chi connectivity index (χ0) is 28.7. The second kappa shape index (κ2) is 11.4. The molecule has 3 aromatic rings. The first-order valence-electron chi connectivity index (χ1n) is 14.1. The van der Waals surface area contributed by atoms with Gasteiger partial charge in [-0.15, -0.1) is 0 Å². The van der Waals surface area contributed by atoms with Gasteiger partial charge in [-0.25, -0.2) is 8.78 Å². The van der Waals surface area contributed by atoms with Crippen LogP contribution in [-0.2, 0) is 11.2 Å². The van der Waals surface area contributed by atoms with E-state index in [1.165, 1.54) is 18.2 Å². The first kappa shape index (κ1) is 27.7. The molecule has 1 atom stereocenters. The van der Waals surface area contributed by atoms with E-state index in [0.29, 0.717) is 57.0 Å². The van der Waals surface area contributed by atoms with E-state index in [1.807, 2.05) is 9.80 Å². The number of nitrogens with zero attached hydrogens (tertiary/aromatic N) is 6. The molecular weight excluding hydrogens is 550 g/mol. The molecule has 0 radical (unpaired) electrons. The summed E-state index contributed by atoms with van der Waals surface area (Å²) in [5.41, 5.74) is 1.87. The average Bonchev–Trinajstić information content (AvgIpc) is 3.40. The topological polar surface area (TPSA) is 65.0 Å². The van der Waals surface area contributed by atoms with Gasteiger partial charge in [-0.05, 0) is 75.2 Å². The maximum Gasteiger partial charge on any atom is 0.319 e. The summed E-state index contributed by atoms with van der Waals surface area (Å²) in [7, 11) is 2.06. The fourth-order valence-electron chi connectivity index (χ4n) is 6.13. The van der Waals surface area contributed by atoms with Gasteiger partial charge >= 0.3 is 6.01 Å². The highest BCUT2D eigenvalue weighted by Crippen LogP contribution is 2.43. The SMILES string of the molecule is C=CC(=O)N1CCN(c2nc(OC[C@@H]3CCCN3C)nc3c(F)c(N4CCCc5cc(F)ccc54)c(Cl)cc23)CC1. The van der Waals surface area contributed by atoms with Crippen LogP contribution in [0.4, 0.5) is 26.0 Å². The number of hydrogen-bond donors (Lipinski definition) is 0. The molecule has 8 nitrogen and oxygen atoms in total. The number of piperazine rings is 1. The van der Waals surface area contributed by atoms with Gasteiger partial charge in [0.1, 0.15) is 23.8 Å². The van der Waals surface area contributed by atoms with Crippen LogP contribution in [0.25, 0.3) is 10.9 Å². The molecule has 11 heteroatoms. The molecule has 0 aliphatic carbocycles. The molecule has 0 spiro atoms. The lowest BCUT2D eigenvalue weighted by Gasteiger charge is -2.36. The Hall–Kier alpha value is -3.50. The first-order chi connectivity index (χ1) is 19.8. The van der Waals surface area contributed by atoms with Crippen LogP contribution in [-0.4, -0.2) is 84.6 Å². The van der Waals surface area contributed by atoms with Gasteiger partial charge in [0.15, 0.2) is 5.82 Å². The number of amides is 1. The van der Waals surface area contributed by atoms with Crippen LogP contribution < -0.4 is 14.5 Å². The molecular formula is C30H33ClF2N6O2. The third-order valence-corrected chi connectivity index (χ3v) is 8.68. The fourth-order valence-corrected chi connectivity index (χ4v) is 6.42.